The number of carbonyl (C=O) groups excluding carboxylic acids is 1. The number of nitrogens with zero attached hydrogens (tertiary/aromatic N) is 1. The number of rotatable bonds is 6. The number of nitrogens with one attached hydrogen (secondary N) is 1. The van der Waals surface area contributed by atoms with Crippen LogP contribution in [0.15, 0.2) is 65.6 Å². The highest BCUT2D eigenvalue weighted by Gasteiger charge is 2.34. The zero-order valence-corrected chi connectivity index (χ0v) is 20.0. The third kappa shape index (κ3) is 5.23. The number of ether oxygens (including phenoxy) is 1. The molecule has 0 aromatic heterocycles. The van der Waals surface area contributed by atoms with E-state index in [4.69, 9.17) is 16.3 Å². The van der Waals surface area contributed by atoms with Gasteiger partial charge in [-0.05, 0) is 66.9 Å². The Hall–Kier alpha value is -3.24. The number of benzene rings is 3. The second kappa shape index (κ2) is 9.43. The number of aryl methyl sites for hydroxylation is 1. The van der Waals surface area contributed by atoms with Gasteiger partial charge in [0.15, 0.2) is 6.61 Å². The van der Waals surface area contributed by atoms with E-state index in [1.807, 2.05) is 12.1 Å². The van der Waals surface area contributed by atoms with Crippen molar-refractivity contribution < 1.29 is 31.1 Å². The fourth-order valence-corrected chi connectivity index (χ4v) is 5.58. The fraction of sp³-hybridized carbons (Fsp3) is 0.208. The average molecular weight is 525 g/mol. The Kier molecular flexibility index (Phi) is 6.70. The third-order valence-corrected chi connectivity index (χ3v) is 7.54. The number of hydrogen-bond donors (Lipinski definition) is 1. The highest BCUT2D eigenvalue weighted by atomic mass is 35.5. The lowest BCUT2D eigenvalue weighted by Gasteiger charge is -2.20. The zero-order valence-electron chi connectivity index (χ0n) is 18.4. The second-order valence-electron chi connectivity index (χ2n) is 7.91. The summed E-state index contributed by atoms with van der Waals surface area (Å²) in [5.74, 6) is -0.587. The number of carbonyl (C=O) groups is 1. The minimum absolute atomic E-state index is 0.0690. The predicted molar refractivity (Wildman–Crippen MR) is 126 cm³/mol. The summed E-state index contributed by atoms with van der Waals surface area (Å²) in [6.07, 6.45) is -4.09. The molecule has 3 aromatic carbocycles. The highest BCUT2D eigenvalue weighted by Crippen LogP contribution is 2.37. The van der Waals surface area contributed by atoms with Crippen LogP contribution in [0.3, 0.4) is 0 Å². The van der Waals surface area contributed by atoms with Crippen LogP contribution in [0.1, 0.15) is 16.7 Å². The van der Waals surface area contributed by atoms with E-state index in [0.717, 1.165) is 17.7 Å². The molecule has 0 spiro atoms. The first-order valence-corrected chi connectivity index (χ1v) is 12.3. The monoisotopic (exact) mass is 524 g/mol. The summed E-state index contributed by atoms with van der Waals surface area (Å²) < 4.78 is 72.8. The van der Waals surface area contributed by atoms with Gasteiger partial charge in [0.1, 0.15) is 5.75 Å². The topological polar surface area (TPSA) is 75.7 Å². The van der Waals surface area contributed by atoms with Crippen molar-refractivity contribution >= 4 is 38.9 Å². The molecule has 0 radical (unpaired) electrons. The second-order valence-corrected chi connectivity index (χ2v) is 10.2. The predicted octanol–water partition coefficient (Wildman–Crippen LogP) is 5.44. The van der Waals surface area contributed by atoms with Gasteiger partial charge in [-0.15, -0.1) is 0 Å². The van der Waals surface area contributed by atoms with Crippen LogP contribution in [0.2, 0.25) is 5.02 Å². The van der Waals surface area contributed by atoms with E-state index >= 15 is 0 Å². The molecule has 1 amide bonds. The van der Waals surface area contributed by atoms with Gasteiger partial charge in [0.05, 0.1) is 21.8 Å². The van der Waals surface area contributed by atoms with Crippen molar-refractivity contribution in [3.05, 3.63) is 82.4 Å². The molecule has 0 bridgehead atoms. The fourth-order valence-electron chi connectivity index (χ4n) is 3.82. The van der Waals surface area contributed by atoms with Crippen LogP contribution in [0.4, 0.5) is 24.5 Å². The molecular formula is C24H20ClF3N2O4S. The minimum atomic E-state index is -4.71. The molecule has 6 nitrogen and oxygen atoms in total. The van der Waals surface area contributed by atoms with Crippen LogP contribution < -0.4 is 14.4 Å². The molecule has 0 aliphatic carbocycles. The van der Waals surface area contributed by atoms with Crippen molar-refractivity contribution in [1.29, 1.82) is 0 Å². The number of anilines is 2. The minimum Gasteiger partial charge on any atom is -0.483 e. The summed E-state index contributed by atoms with van der Waals surface area (Å²) in [7, 11) is -3.80. The molecule has 1 N–H and O–H groups in total. The van der Waals surface area contributed by atoms with Gasteiger partial charge in [-0.25, -0.2) is 8.42 Å². The number of fused-ring (bicyclic) bond motifs is 1. The van der Waals surface area contributed by atoms with Gasteiger partial charge < -0.3 is 10.1 Å². The van der Waals surface area contributed by atoms with E-state index in [0.29, 0.717) is 24.2 Å². The molecule has 0 saturated heterocycles. The van der Waals surface area contributed by atoms with E-state index in [2.05, 4.69) is 5.32 Å². The first kappa shape index (κ1) is 24.9. The quantitative estimate of drug-likeness (QED) is 0.466. The summed E-state index contributed by atoms with van der Waals surface area (Å²) >= 11 is 5.65. The Balaban J connectivity index is 1.46. The van der Waals surface area contributed by atoms with Crippen molar-refractivity contribution in [2.45, 2.75) is 24.4 Å². The van der Waals surface area contributed by atoms with E-state index in [-0.39, 0.29) is 15.7 Å². The molecule has 1 aliphatic rings. The molecule has 3 aromatic rings. The van der Waals surface area contributed by atoms with Crippen LogP contribution in [-0.2, 0) is 27.4 Å². The Morgan fingerprint density at radius 2 is 1.86 bits per heavy atom. The largest absolute Gasteiger partial charge is 0.483 e. The van der Waals surface area contributed by atoms with Gasteiger partial charge in [0, 0.05) is 11.6 Å². The summed E-state index contributed by atoms with van der Waals surface area (Å²) in [4.78, 5) is 12.3. The Morgan fingerprint density at radius 3 is 2.57 bits per heavy atom. The van der Waals surface area contributed by atoms with Crippen LogP contribution in [0.5, 0.6) is 5.75 Å². The van der Waals surface area contributed by atoms with Crippen LogP contribution >= 0.6 is 11.6 Å². The number of para-hydroxylation sites is 1. The molecule has 1 aliphatic heterocycles. The van der Waals surface area contributed by atoms with Crippen molar-refractivity contribution in [3.8, 4) is 5.75 Å². The summed E-state index contributed by atoms with van der Waals surface area (Å²) in [6, 6.07) is 14.5. The first-order chi connectivity index (χ1) is 16.5. The van der Waals surface area contributed by atoms with Crippen LogP contribution in [0, 0.1) is 6.92 Å². The standard InChI is InChI=1S/C24H20ClF3N2O4S/c1-15-12-18(35(32,33)30-11-10-16-4-2-3-5-21(16)30)7-9-22(15)34-14-23(31)29-20-8-6-17(25)13-19(20)24(26,27)28/h2-9,12-13H,10-11,14H2,1H3,(H,29,31). The maximum atomic E-state index is 13.2. The number of amides is 1. The van der Waals surface area contributed by atoms with E-state index in [1.54, 1.807) is 19.1 Å². The number of alkyl halides is 3. The molecule has 184 valence electrons. The lowest BCUT2D eigenvalue weighted by Crippen LogP contribution is -2.29. The van der Waals surface area contributed by atoms with E-state index in [9.17, 15) is 26.4 Å². The summed E-state index contributed by atoms with van der Waals surface area (Å²) in [5.41, 5.74) is 0.525. The maximum absolute atomic E-state index is 13.2. The lowest BCUT2D eigenvalue weighted by atomic mass is 10.1. The van der Waals surface area contributed by atoms with Gasteiger partial charge in [0.2, 0.25) is 0 Å². The van der Waals surface area contributed by atoms with Gasteiger partial charge in [-0.2, -0.15) is 13.2 Å². The Labute approximate surface area is 205 Å². The molecule has 0 fully saturated rings. The first-order valence-electron chi connectivity index (χ1n) is 10.5. The zero-order chi connectivity index (χ0) is 25.4. The number of hydrogen-bond acceptors (Lipinski definition) is 4. The van der Waals surface area contributed by atoms with Crippen molar-refractivity contribution in [2.24, 2.45) is 0 Å². The number of halogens is 4. The van der Waals surface area contributed by atoms with E-state index in [1.165, 1.54) is 28.6 Å². The molecule has 1 heterocycles. The molecule has 0 atom stereocenters. The normalized spacial score (nSPS) is 13.5. The number of sulfonamides is 1. The van der Waals surface area contributed by atoms with E-state index < -0.39 is 40.0 Å². The van der Waals surface area contributed by atoms with Gasteiger partial charge in [0.25, 0.3) is 15.9 Å². The van der Waals surface area contributed by atoms with Crippen LogP contribution in [-0.4, -0.2) is 27.5 Å². The molecule has 4 rings (SSSR count). The highest BCUT2D eigenvalue weighted by molar-refractivity contribution is 7.92. The average Bonchev–Trinajstić information content (AvgIpc) is 3.24. The SMILES string of the molecule is Cc1cc(S(=O)(=O)N2CCc3ccccc32)ccc1OCC(=O)Nc1ccc(Cl)cc1C(F)(F)F. The molecule has 35 heavy (non-hydrogen) atoms. The summed E-state index contributed by atoms with van der Waals surface area (Å²) in [5, 5.41) is 2.05. The van der Waals surface area contributed by atoms with Gasteiger partial charge in [-0.3, -0.25) is 9.10 Å². The maximum Gasteiger partial charge on any atom is 0.418 e. The lowest BCUT2D eigenvalue weighted by molar-refractivity contribution is -0.137. The van der Waals surface area contributed by atoms with Crippen molar-refractivity contribution in [2.75, 3.05) is 22.8 Å². The van der Waals surface area contributed by atoms with Gasteiger partial charge in [-0.1, -0.05) is 29.8 Å². The van der Waals surface area contributed by atoms with Crippen LogP contribution in [0.25, 0.3) is 0 Å². The van der Waals surface area contributed by atoms with Crippen molar-refractivity contribution in [3.63, 3.8) is 0 Å². The van der Waals surface area contributed by atoms with Crippen molar-refractivity contribution in [1.82, 2.24) is 0 Å². The summed E-state index contributed by atoms with van der Waals surface area (Å²) in [6.45, 7) is 1.38. The molecule has 0 saturated carbocycles. The Bertz CT molecular complexity index is 1390. The third-order valence-electron chi connectivity index (χ3n) is 5.50. The molecule has 11 heteroatoms. The Morgan fingerprint density at radius 1 is 1.11 bits per heavy atom. The molecular weight excluding hydrogens is 505 g/mol. The van der Waals surface area contributed by atoms with Gasteiger partial charge >= 0.3 is 6.18 Å². The smallest absolute Gasteiger partial charge is 0.418 e. The molecule has 0 unspecified atom stereocenters.